The lowest BCUT2D eigenvalue weighted by Crippen LogP contribution is -2.14. The standard InChI is InChI=1S/C37H25N3O/c1-37(2)28-17-9-6-15-25(28)31-27-21-20-24-23-14-8-11-19-30(23)40(32(24)33(27)41-34(31)37)36-26-16-7-10-18-29(26)38-35(39-36)22-12-4-3-5-13-22/h3-21H,1-2H3. The topological polar surface area (TPSA) is 43.9 Å². The molecule has 1 aliphatic rings. The van der Waals surface area contributed by atoms with E-state index in [9.17, 15) is 0 Å². The first-order valence-electron chi connectivity index (χ1n) is 14.0. The first-order chi connectivity index (χ1) is 20.1. The minimum absolute atomic E-state index is 0.226. The SMILES string of the molecule is CC1(C)c2ccccc2-c2c1oc1c2ccc2c3ccccc3n(-c3nc(-c4ccccc4)nc4ccccc34)c21. The van der Waals surface area contributed by atoms with Crippen molar-refractivity contribution in [2.75, 3.05) is 0 Å². The van der Waals surface area contributed by atoms with Crippen molar-refractivity contribution < 1.29 is 4.42 Å². The minimum atomic E-state index is -0.226. The van der Waals surface area contributed by atoms with Crippen LogP contribution in [0, 0.1) is 0 Å². The Bertz CT molecular complexity index is 2340. The molecule has 4 nitrogen and oxygen atoms in total. The maximum atomic E-state index is 6.98. The van der Waals surface area contributed by atoms with Crippen LogP contribution < -0.4 is 0 Å². The van der Waals surface area contributed by atoms with Gasteiger partial charge in [-0.1, -0.05) is 91.0 Å². The Morgan fingerprint density at radius 1 is 0.634 bits per heavy atom. The number of rotatable bonds is 2. The number of hydrogen-bond donors (Lipinski definition) is 0. The van der Waals surface area contributed by atoms with E-state index >= 15 is 0 Å². The second-order valence-electron chi connectivity index (χ2n) is 11.4. The highest BCUT2D eigenvalue weighted by molar-refractivity contribution is 6.20. The molecule has 0 spiro atoms. The predicted molar refractivity (Wildman–Crippen MR) is 167 cm³/mol. The summed E-state index contributed by atoms with van der Waals surface area (Å²) in [6, 6.07) is 40.2. The van der Waals surface area contributed by atoms with E-state index in [4.69, 9.17) is 14.4 Å². The van der Waals surface area contributed by atoms with Gasteiger partial charge in [-0.3, -0.25) is 4.57 Å². The van der Waals surface area contributed by atoms with Crippen LogP contribution in [0.3, 0.4) is 0 Å². The van der Waals surface area contributed by atoms with Crippen molar-refractivity contribution in [3.63, 3.8) is 0 Å². The Balaban J connectivity index is 1.46. The van der Waals surface area contributed by atoms with Crippen molar-refractivity contribution in [2.24, 2.45) is 0 Å². The molecule has 0 aliphatic heterocycles. The molecular formula is C37H25N3O. The average molecular weight is 528 g/mol. The maximum absolute atomic E-state index is 6.98. The number of nitrogens with zero attached hydrogens (tertiary/aromatic N) is 3. The molecule has 0 radical (unpaired) electrons. The van der Waals surface area contributed by atoms with Gasteiger partial charge in [0.2, 0.25) is 0 Å². The van der Waals surface area contributed by atoms with Crippen LogP contribution in [0.15, 0.2) is 120 Å². The van der Waals surface area contributed by atoms with Crippen molar-refractivity contribution in [1.82, 2.24) is 14.5 Å². The molecule has 1 aliphatic carbocycles. The van der Waals surface area contributed by atoms with E-state index in [1.165, 1.54) is 22.1 Å². The molecule has 0 amide bonds. The van der Waals surface area contributed by atoms with Crippen LogP contribution in [0.4, 0.5) is 0 Å². The lowest BCUT2D eigenvalue weighted by molar-refractivity contribution is 0.466. The van der Waals surface area contributed by atoms with Crippen LogP contribution in [-0.2, 0) is 5.41 Å². The molecule has 9 rings (SSSR count). The predicted octanol–water partition coefficient (Wildman–Crippen LogP) is 9.45. The van der Waals surface area contributed by atoms with Gasteiger partial charge in [0, 0.05) is 38.1 Å². The fourth-order valence-corrected chi connectivity index (χ4v) is 6.85. The molecule has 0 saturated carbocycles. The van der Waals surface area contributed by atoms with Crippen LogP contribution >= 0.6 is 0 Å². The van der Waals surface area contributed by atoms with Crippen LogP contribution in [-0.4, -0.2) is 14.5 Å². The highest BCUT2D eigenvalue weighted by Crippen LogP contribution is 2.54. The zero-order valence-electron chi connectivity index (χ0n) is 22.7. The van der Waals surface area contributed by atoms with Crippen molar-refractivity contribution in [3.05, 3.63) is 127 Å². The van der Waals surface area contributed by atoms with Gasteiger partial charge in [0.05, 0.1) is 16.6 Å². The molecule has 4 heteroatoms. The van der Waals surface area contributed by atoms with Gasteiger partial charge in [-0.15, -0.1) is 0 Å². The molecule has 0 bridgehead atoms. The van der Waals surface area contributed by atoms with Crippen LogP contribution in [0.2, 0.25) is 0 Å². The van der Waals surface area contributed by atoms with E-state index in [1.807, 2.05) is 24.3 Å². The van der Waals surface area contributed by atoms with Gasteiger partial charge >= 0.3 is 0 Å². The molecule has 0 N–H and O–H groups in total. The minimum Gasteiger partial charge on any atom is -0.457 e. The second-order valence-corrected chi connectivity index (χ2v) is 11.4. The van der Waals surface area contributed by atoms with Gasteiger partial charge in [-0.25, -0.2) is 9.97 Å². The zero-order chi connectivity index (χ0) is 27.3. The molecule has 8 aromatic rings. The zero-order valence-corrected chi connectivity index (χ0v) is 22.7. The van der Waals surface area contributed by atoms with Gasteiger partial charge in [-0.05, 0) is 49.2 Å². The summed E-state index contributed by atoms with van der Waals surface area (Å²) in [5, 5.41) is 4.45. The molecular weight excluding hydrogens is 502 g/mol. The Morgan fingerprint density at radius 3 is 2.22 bits per heavy atom. The third-order valence-electron chi connectivity index (χ3n) is 8.76. The Hall–Kier alpha value is -5.22. The molecule has 194 valence electrons. The van der Waals surface area contributed by atoms with E-state index in [0.717, 1.165) is 55.4 Å². The lowest BCUT2D eigenvalue weighted by Gasteiger charge is -2.18. The van der Waals surface area contributed by atoms with Crippen LogP contribution in [0.1, 0.15) is 25.2 Å². The highest BCUT2D eigenvalue weighted by atomic mass is 16.3. The second kappa shape index (κ2) is 7.92. The van der Waals surface area contributed by atoms with E-state index in [2.05, 4.69) is 109 Å². The maximum Gasteiger partial charge on any atom is 0.162 e. The average Bonchev–Trinajstić information content (AvgIpc) is 3.64. The smallest absolute Gasteiger partial charge is 0.162 e. The summed E-state index contributed by atoms with van der Waals surface area (Å²) in [5.74, 6) is 2.58. The summed E-state index contributed by atoms with van der Waals surface area (Å²) in [7, 11) is 0. The summed E-state index contributed by atoms with van der Waals surface area (Å²) in [4.78, 5) is 10.2. The van der Waals surface area contributed by atoms with Gasteiger partial charge in [0.15, 0.2) is 11.4 Å². The van der Waals surface area contributed by atoms with Crippen molar-refractivity contribution in [1.29, 1.82) is 0 Å². The first kappa shape index (κ1) is 22.6. The van der Waals surface area contributed by atoms with Crippen LogP contribution in [0.5, 0.6) is 0 Å². The molecule has 3 aromatic heterocycles. The number of fused-ring (bicyclic) bond motifs is 10. The molecule has 0 fully saturated rings. The summed E-state index contributed by atoms with van der Waals surface area (Å²) in [6.07, 6.45) is 0. The molecule has 0 saturated heterocycles. The summed E-state index contributed by atoms with van der Waals surface area (Å²) < 4.78 is 9.27. The summed E-state index contributed by atoms with van der Waals surface area (Å²) in [5.41, 5.74) is 8.47. The van der Waals surface area contributed by atoms with Gasteiger partial charge in [0.1, 0.15) is 11.6 Å². The van der Waals surface area contributed by atoms with Crippen molar-refractivity contribution in [3.8, 4) is 28.3 Å². The molecule has 0 atom stereocenters. The molecule has 5 aromatic carbocycles. The van der Waals surface area contributed by atoms with Crippen molar-refractivity contribution in [2.45, 2.75) is 19.3 Å². The molecule has 0 unspecified atom stereocenters. The summed E-state index contributed by atoms with van der Waals surface area (Å²) in [6.45, 7) is 4.52. The number of hydrogen-bond acceptors (Lipinski definition) is 3. The Labute approximate surface area is 236 Å². The largest absolute Gasteiger partial charge is 0.457 e. The van der Waals surface area contributed by atoms with Gasteiger partial charge in [0.25, 0.3) is 0 Å². The van der Waals surface area contributed by atoms with E-state index in [1.54, 1.807) is 0 Å². The fourth-order valence-electron chi connectivity index (χ4n) is 6.85. The van der Waals surface area contributed by atoms with E-state index in [0.29, 0.717) is 5.82 Å². The third kappa shape index (κ3) is 2.94. The van der Waals surface area contributed by atoms with Crippen molar-refractivity contribution >= 4 is 43.7 Å². The number of benzene rings is 5. The third-order valence-corrected chi connectivity index (χ3v) is 8.76. The highest BCUT2D eigenvalue weighted by Gasteiger charge is 2.41. The monoisotopic (exact) mass is 527 g/mol. The van der Waals surface area contributed by atoms with E-state index in [-0.39, 0.29) is 5.41 Å². The number of aromatic nitrogens is 3. The molecule has 3 heterocycles. The first-order valence-corrected chi connectivity index (χ1v) is 14.0. The lowest BCUT2D eigenvalue weighted by atomic mass is 9.86. The summed E-state index contributed by atoms with van der Waals surface area (Å²) >= 11 is 0. The van der Waals surface area contributed by atoms with E-state index < -0.39 is 0 Å². The normalized spacial score (nSPS) is 13.8. The number of para-hydroxylation sites is 2. The number of furan rings is 1. The molecule has 41 heavy (non-hydrogen) atoms. The Kier molecular flexibility index (Phi) is 4.36. The van der Waals surface area contributed by atoms with Gasteiger partial charge in [-0.2, -0.15) is 0 Å². The quantitative estimate of drug-likeness (QED) is 0.225. The van der Waals surface area contributed by atoms with Crippen LogP contribution in [0.25, 0.3) is 72.0 Å². The van der Waals surface area contributed by atoms with Gasteiger partial charge < -0.3 is 4.42 Å². The Morgan fingerprint density at radius 2 is 1.34 bits per heavy atom. The fraction of sp³-hybridized carbons (Fsp3) is 0.0811.